The summed E-state index contributed by atoms with van der Waals surface area (Å²) in [7, 11) is 0. The second-order valence-electron chi connectivity index (χ2n) is 2.22. The van der Waals surface area contributed by atoms with Gasteiger partial charge in [0.05, 0.1) is 15.2 Å². The van der Waals surface area contributed by atoms with Crippen LogP contribution in [0.3, 0.4) is 0 Å². The predicted molar refractivity (Wildman–Crippen MR) is 54.5 cm³/mol. The van der Waals surface area contributed by atoms with Gasteiger partial charge in [-0.3, -0.25) is 0 Å². The number of halogens is 5. The van der Waals surface area contributed by atoms with Gasteiger partial charge in [-0.15, -0.1) is 0 Å². The van der Waals surface area contributed by atoms with Crippen molar-refractivity contribution in [3.05, 3.63) is 26.9 Å². The summed E-state index contributed by atoms with van der Waals surface area (Å²) in [5.74, 6) is 0. The molecule has 0 spiro atoms. The lowest BCUT2D eigenvalue weighted by molar-refractivity contribution is 0.146. The molecule has 0 aliphatic heterocycles. The van der Waals surface area contributed by atoms with Crippen molar-refractivity contribution >= 4 is 43.5 Å². The van der Waals surface area contributed by atoms with Crippen LogP contribution in [0.1, 0.15) is 17.8 Å². The summed E-state index contributed by atoms with van der Waals surface area (Å²) >= 11 is 12.0. The largest absolute Gasteiger partial charge is 0.280 e. The molecule has 0 atom stereocenters. The third-order valence-corrected chi connectivity index (χ3v) is 3.29. The molecule has 0 amide bonds. The highest BCUT2D eigenvalue weighted by Gasteiger charge is 2.14. The number of rotatable bonds is 2. The molecule has 0 bridgehead atoms. The van der Waals surface area contributed by atoms with Gasteiger partial charge in [-0.05, 0) is 22.0 Å². The Hall–Kier alpha value is 0.260. The lowest BCUT2D eigenvalue weighted by Crippen LogP contribution is -1.96. The van der Waals surface area contributed by atoms with Crippen molar-refractivity contribution in [3.8, 4) is 0 Å². The Morgan fingerprint density at radius 1 is 1.54 bits per heavy atom. The van der Waals surface area contributed by atoms with Crippen molar-refractivity contribution in [2.24, 2.45) is 0 Å². The first-order valence-corrected chi connectivity index (χ1v) is 5.54. The Morgan fingerprint density at radius 3 is 2.62 bits per heavy atom. The van der Waals surface area contributed by atoms with Gasteiger partial charge in [0.2, 0.25) is 0 Å². The highest BCUT2D eigenvalue weighted by atomic mass is 79.9. The van der Waals surface area contributed by atoms with Gasteiger partial charge in [0.15, 0.2) is 0 Å². The van der Waals surface area contributed by atoms with Crippen LogP contribution in [0.5, 0.6) is 0 Å². The molecule has 0 radical (unpaired) electrons. The van der Waals surface area contributed by atoms with Crippen LogP contribution in [0, 0.1) is 0 Å². The van der Waals surface area contributed by atoms with Gasteiger partial charge in [0.1, 0.15) is 5.69 Å². The number of alkyl halides is 3. The van der Waals surface area contributed by atoms with Crippen LogP contribution in [-0.4, -0.2) is 4.98 Å². The minimum atomic E-state index is -2.59. The van der Waals surface area contributed by atoms with E-state index in [-0.39, 0.29) is 10.7 Å². The fourth-order valence-corrected chi connectivity index (χ4v) is 2.11. The van der Waals surface area contributed by atoms with E-state index >= 15 is 0 Å². The molecule has 0 N–H and O–H groups in total. The topological polar surface area (TPSA) is 12.9 Å². The van der Waals surface area contributed by atoms with E-state index in [4.69, 9.17) is 11.6 Å². The quantitative estimate of drug-likeness (QED) is 0.733. The zero-order valence-corrected chi connectivity index (χ0v) is 10.1. The molecule has 13 heavy (non-hydrogen) atoms. The summed E-state index contributed by atoms with van der Waals surface area (Å²) < 4.78 is 25.0. The molecule has 6 heteroatoms. The van der Waals surface area contributed by atoms with Gasteiger partial charge in [0, 0.05) is 5.33 Å². The van der Waals surface area contributed by atoms with Crippen LogP contribution in [0.25, 0.3) is 0 Å². The van der Waals surface area contributed by atoms with Gasteiger partial charge in [-0.2, -0.15) is 0 Å². The van der Waals surface area contributed by atoms with E-state index in [1.54, 1.807) is 0 Å². The molecule has 1 rings (SSSR count). The monoisotopic (exact) mass is 333 g/mol. The summed E-state index contributed by atoms with van der Waals surface area (Å²) in [5, 5.41) is 0.633. The number of hydrogen-bond donors (Lipinski definition) is 0. The van der Waals surface area contributed by atoms with Crippen molar-refractivity contribution in [1.29, 1.82) is 0 Å². The molecule has 1 heterocycles. The van der Waals surface area contributed by atoms with E-state index in [9.17, 15) is 8.78 Å². The molecule has 0 saturated carbocycles. The molecule has 0 saturated heterocycles. The zero-order chi connectivity index (χ0) is 10.0. The van der Waals surface area contributed by atoms with Crippen molar-refractivity contribution in [1.82, 2.24) is 4.98 Å². The average molecular weight is 335 g/mol. The lowest BCUT2D eigenvalue weighted by atomic mass is 10.3. The minimum absolute atomic E-state index is 0.250. The van der Waals surface area contributed by atoms with Crippen LogP contribution in [-0.2, 0) is 5.33 Å². The number of aromatic nitrogens is 1. The Labute approximate surface area is 95.8 Å². The van der Waals surface area contributed by atoms with Crippen molar-refractivity contribution in [2.45, 2.75) is 11.8 Å². The maximum atomic E-state index is 12.2. The highest BCUT2D eigenvalue weighted by molar-refractivity contribution is 9.10. The van der Waals surface area contributed by atoms with Crippen molar-refractivity contribution in [2.75, 3.05) is 0 Å². The average Bonchev–Trinajstić information content (AvgIpc) is 2.09. The molecule has 0 aliphatic rings. The third-order valence-electron chi connectivity index (χ3n) is 1.35. The Morgan fingerprint density at radius 2 is 2.15 bits per heavy atom. The molecule has 72 valence electrons. The summed E-state index contributed by atoms with van der Waals surface area (Å²) in [6.45, 7) is 0. The van der Waals surface area contributed by atoms with E-state index in [1.807, 2.05) is 0 Å². The standard InChI is InChI=1S/C7H4Br2ClF2N/c8-2-5-6(9)3(10)1-4(13-5)7(11)12/h1,7H,2H2. The maximum absolute atomic E-state index is 12.2. The highest BCUT2D eigenvalue weighted by Crippen LogP contribution is 2.30. The van der Waals surface area contributed by atoms with Crippen molar-refractivity contribution < 1.29 is 8.78 Å². The Kier molecular flexibility index (Phi) is 4.06. The lowest BCUT2D eigenvalue weighted by Gasteiger charge is -2.05. The molecular weight excluding hydrogens is 331 g/mol. The second-order valence-corrected chi connectivity index (χ2v) is 3.98. The smallest absolute Gasteiger partial charge is 0.250 e. The molecule has 1 aromatic heterocycles. The van der Waals surface area contributed by atoms with Crippen LogP contribution in [0.15, 0.2) is 10.5 Å². The Balaban J connectivity index is 3.22. The van der Waals surface area contributed by atoms with Gasteiger partial charge >= 0.3 is 0 Å². The SMILES string of the molecule is FC(F)c1cc(Cl)c(Br)c(CBr)n1. The van der Waals surface area contributed by atoms with E-state index in [0.29, 0.717) is 15.5 Å². The van der Waals surface area contributed by atoms with Gasteiger partial charge in [-0.1, -0.05) is 27.5 Å². The molecule has 1 aromatic rings. The molecule has 0 fully saturated rings. The van der Waals surface area contributed by atoms with Crippen LogP contribution < -0.4 is 0 Å². The summed E-state index contributed by atoms with van der Waals surface area (Å²) in [6, 6.07) is 1.16. The number of nitrogens with zero attached hydrogens (tertiary/aromatic N) is 1. The summed E-state index contributed by atoms with van der Waals surface area (Å²) in [6.07, 6.45) is -2.59. The second kappa shape index (κ2) is 4.66. The Bertz CT molecular complexity index is 320. The van der Waals surface area contributed by atoms with Crippen LogP contribution >= 0.6 is 43.5 Å². The molecule has 0 unspecified atom stereocenters. The molecule has 0 aromatic carbocycles. The number of pyridine rings is 1. The fraction of sp³-hybridized carbons (Fsp3) is 0.286. The van der Waals surface area contributed by atoms with E-state index in [1.165, 1.54) is 0 Å². The van der Waals surface area contributed by atoms with E-state index in [2.05, 4.69) is 36.8 Å². The zero-order valence-electron chi connectivity index (χ0n) is 6.20. The fourth-order valence-electron chi connectivity index (χ4n) is 0.769. The molecular formula is C7H4Br2ClF2N. The van der Waals surface area contributed by atoms with E-state index < -0.39 is 6.43 Å². The van der Waals surface area contributed by atoms with Crippen molar-refractivity contribution in [3.63, 3.8) is 0 Å². The van der Waals surface area contributed by atoms with Gasteiger partial charge in [0.25, 0.3) is 6.43 Å². The van der Waals surface area contributed by atoms with Gasteiger partial charge < -0.3 is 0 Å². The predicted octanol–water partition coefficient (Wildman–Crippen LogP) is 4.33. The van der Waals surface area contributed by atoms with E-state index in [0.717, 1.165) is 6.07 Å². The van der Waals surface area contributed by atoms with Gasteiger partial charge in [-0.25, -0.2) is 13.8 Å². The first-order chi connectivity index (χ1) is 6.06. The first kappa shape index (κ1) is 11.3. The first-order valence-electron chi connectivity index (χ1n) is 3.25. The van der Waals surface area contributed by atoms with Crippen LogP contribution in [0.4, 0.5) is 8.78 Å². The molecule has 1 nitrogen and oxygen atoms in total. The van der Waals surface area contributed by atoms with Crippen LogP contribution in [0.2, 0.25) is 5.02 Å². The summed E-state index contributed by atoms with van der Waals surface area (Å²) in [5.41, 5.74) is 0.172. The summed E-state index contributed by atoms with van der Waals surface area (Å²) in [4.78, 5) is 3.72. The maximum Gasteiger partial charge on any atom is 0.280 e. The normalized spacial score (nSPS) is 10.9. The molecule has 0 aliphatic carbocycles. The third kappa shape index (κ3) is 2.60. The minimum Gasteiger partial charge on any atom is -0.250 e. The number of hydrogen-bond acceptors (Lipinski definition) is 1.